The van der Waals surface area contributed by atoms with E-state index < -0.39 is 5.97 Å². The van der Waals surface area contributed by atoms with E-state index in [2.05, 4.69) is 9.97 Å². The zero-order chi connectivity index (χ0) is 17.1. The number of aliphatic carboxylic acids is 1. The first-order valence-electron chi connectivity index (χ1n) is 7.48. The average molecular weight is 368 g/mol. The molecule has 2 heterocycles. The molecule has 1 N–H and O–H groups in total. The highest BCUT2D eigenvalue weighted by Gasteiger charge is 2.21. The van der Waals surface area contributed by atoms with E-state index in [0.29, 0.717) is 10.8 Å². The van der Waals surface area contributed by atoms with E-state index in [1.165, 1.54) is 0 Å². The largest absolute Gasteiger partial charge is 0.481 e. The number of carboxylic acids is 1. The molecule has 0 atom stereocenters. The van der Waals surface area contributed by atoms with Gasteiger partial charge in [0.15, 0.2) is 0 Å². The molecular formula is C16H15Cl2N3O3. The van der Waals surface area contributed by atoms with E-state index in [9.17, 15) is 4.79 Å². The topological polar surface area (TPSA) is 75.6 Å². The highest BCUT2D eigenvalue weighted by molar-refractivity contribution is 6.30. The van der Waals surface area contributed by atoms with Gasteiger partial charge in [-0.1, -0.05) is 23.2 Å². The van der Waals surface area contributed by atoms with Crippen LogP contribution in [-0.4, -0.2) is 34.2 Å². The van der Waals surface area contributed by atoms with Gasteiger partial charge < -0.3 is 14.7 Å². The van der Waals surface area contributed by atoms with Crippen molar-refractivity contribution in [1.82, 2.24) is 9.97 Å². The van der Waals surface area contributed by atoms with Gasteiger partial charge in [-0.25, -0.2) is 0 Å². The Morgan fingerprint density at radius 1 is 1.29 bits per heavy atom. The summed E-state index contributed by atoms with van der Waals surface area (Å²) in [6.45, 7) is 0.776. The van der Waals surface area contributed by atoms with Crippen molar-refractivity contribution >= 4 is 40.7 Å². The van der Waals surface area contributed by atoms with Crippen molar-refractivity contribution in [2.45, 2.75) is 19.3 Å². The number of benzene rings is 1. The van der Waals surface area contributed by atoms with Crippen molar-refractivity contribution in [2.75, 3.05) is 18.1 Å². The third-order valence-electron chi connectivity index (χ3n) is 3.64. The van der Waals surface area contributed by atoms with E-state index in [-0.39, 0.29) is 24.2 Å². The van der Waals surface area contributed by atoms with Crippen LogP contribution in [0.15, 0.2) is 24.3 Å². The van der Waals surface area contributed by atoms with Crippen molar-refractivity contribution in [1.29, 1.82) is 0 Å². The van der Waals surface area contributed by atoms with Gasteiger partial charge in [0.05, 0.1) is 6.42 Å². The van der Waals surface area contributed by atoms with Crippen molar-refractivity contribution in [3.05, 3.63) is 40.0 Å². The number of rotatable bonds is 5. The number of fused-ring (bicyclic) bond motifs is 1. The minimum absolute atomic E-state index is 0.0126. The Morgan fingerprint density at radius 2 is 2.12 bits per heavy atom. The van der Waals surface area contributed by atoms with Crippen molar-refractivity contribution < 1.29 is 14.6 Å². The summed E-state index contributed by atoms with van der Waals surface area (Å²) in [7, 11) is 0. The van der Waals surface area contributed by atoms with Gasteiger partial charge in [0, 0.05) is 23.3 Å². The average Bonchev–Trinajstić information content (AvgIpc) is 2.53. The van der Waals surface area contributed by atoms with E-state index >= 15 is 0 Å². The second kappa shape index (κ2) is 7.23. The summed E-state index contributed by atoms with van der Waals surface area (Å²) in [5.41, 5.74) is 2.17. The standard InChI is InChI=1S/C16H15Cl2N3O3/c17-11-3-4-12-10(8-11)2-1-6-21(12)14-9-13(18)19-16(20-14)24-7-5-15(22)23/h3-4,8-9H,1-2,5-7H2,(H,22,23). The second-order valence-electron chi connectivity index (χ2n) is 5.35. The fourth-order valence-electron chi connectivity index (χ4n) is 2.62. The number of hydrogen-bond acceptors (Lipinski definition) is 5. The van der Waals surface area contributed by atoms with Gasteiger partial charge in [-0.15, -0.1) is 0 Å². The van der Waals surface area contributed by atoms with Crippen LogP contribution in [-0.2, 0) is 11.2 Å². The number of ether oxygens (including phenoxy) is 1. The maximum Gasteiger partial charge on any atom is 0.319 e. The van der Waals surface area contributed by atoms with E-state index in [0.717, 1.165) is 30.6 Å². The Labute approximate surface area is 149 Å². The molecule has 126 valence electrons. The monoisotopic (exact) mass is 367 g/mol. The molecule has 3 rings (SSSR count). The van der Waals surface area contributed by atoms with Crippen LogP contribution in [0.25, 0.3) is 0 Å². The summed E-state index contributed by atoms with van der Waals surface area (Å²) < 4.78 is 5.30. The van der Waals surface area contributed by atoms with Crippen molar-refractivity contribution in [3.8, 4) is 6.01 Å². The Bertz CT molecular complexity index is 770. The Balaban J connectivity index is 1.87. The SMILES string of the molecule is O=C(O)CCOc1nc(Cl)cc(N2CCCc3cc(Cl)ccc32)n1. The van der Waals surface area contributed by atoms with Crippen LogP contribution in [0.1, 0.15) is 18.4 Å². The van der Waals surface area contributed by atoms with E-state index in [1.54, 1.807) is 6.07 Å². The molecule has 0 aliphatic carbocycles. The molecule has 1 aliphatic rings. The Hall–Kier alpha value is -2.05. The summed E-state index contributed by atoms with van der Waals surface area (Å²) in [6, 6.07) is 7.48. The molecule has 1 aliphatic heterocycles. The third-order valence-corrected chi connectivity index (χ3v) is 4.07. The van der Waals surface area contributed by atoms with Crippen LogP contribution >= 0.6 is 23.2 Å². The Kier molecular flexibility index (Phi) is 5.06. The predicted molar refractivity (Wildman–Crippen MR) is 91.6 cm³/mol. The van der Waals surface area contributed by atoms with Crippen LogP contribution in [0.4, 0.5) is 11.5 Å². The first-order valence-corrected chi connectivity index (χ1v) is 8.23. The second-order valence-corrected chi connectivity index (χ2v) is 6.18. The quantitative estimate of drug-likeness (QED) is 0.811. The molecule has 1 aromatic heterocycles. The summed E-state index contributed by atoms with van der Waals surface area (Å²) in [5, 5.41) is 9.62. The number of carbonyl (C=O) groups is 1. The highest BCUT2D eigenvalue weighted by atomic mass is 35.5. The van der Waals surface area contributed by atoms with Crippen LogP contribution < -0.4 is 9.64 Å². The van der Waals surface area contributed by atoms with Gasteiger partial charge in [0.25, 0.3) is 0 Å². The van der Waals surface area contributed by atoms with E-state index in [4.69, 9.17) is 33.0 Å². The van der Waals surface area contributed by atoms with Crippen LogP contribution in [0.3, 0.4) is 0 Å². The minimum atomic E-state index is -0.945. The first-order chi connectivity index (χ1) is 11.5. The number of hydrogen-bond donors (Lipinski definition) is 1. The molecular weight excluding hydrogens is 353 g/mol. The number of nitrogens with zero attached hydrogens (tertiary/aromatic N) is 3. The molecule has 0 bridgehead atoms. The fraction of sp³-hybridized carbons (Fsp3) is 0.312. The molecule has 0 unspecified atom stereocenters. The maximum absolute atomic E-state index is 10.6. The number of carboxylic acid groups (broad SMARTS) is 1. The van der Waals surface area contributed by atoms with Crippen LogP contribution in [0.5, 0.6) is 6.01 Å². The van der Waals surface area contributed by atoms with Gasteiger partial charge in [0.2, 0.25) is 0 Å². The van der Waals surface area contributed by atoms with Gasteiger partial charge in [-0.05, 0) is 36.6 Å². The zero-order valence-electron chi connectivity index (χ0n) is 12.7. The van der Waals surface area contributed by atoms with Gasteiger partial charge in [0.1, 0.15) is 17.6 Å². The molecule has 1 aromatic carbocycles. The smallest absolute Gasteiger partial charge is 0.319 e. The van der Waals surface area contributed by atoms with Gasteiger partial charge in [-0.3, -0.25) is 4.79 Å². The highest BCUT2D eigenvalue weighted by Crippen LogP contribution is 2.35. The molecule has 2 aromatic rings. The lowest BCUT2D eigenvalue weighted by molar-refractivity contribution is -0.137. The zero-order valence-corrected chi connectivity index (χ0v) is 14.2. The van der Waals surface area contributed by atoms with E-state index in [1.807, 2.05) is 23.1 Å². The van der Waals surface area contributed by atoms with Crippen molar-refractivity contribution in [2.24, 2.45) is 0 Å². The summed E-state index contributed by atoms with van der Waals surface area (Å²) in [5.74, 6) is -0.331. The molecule has 0 saturated heterocycles. The Morgan fingerprint density at radius 3 is 2.92 bits per heavy atom. The van der Waals surface area contributed by atoms with Crippen molar-refractivity contribution in [3.63, 3.8) is 0 Å². The molecule has 24 heavy (non-hydrogen) atoms. The lowest BCUT2D eigenvalue weighted by atomic mass is 10.0. The minimum Gasteiger partial charge on any atom is -0.481 e. The van der Waals surface area contributed by atoms with Gasteiger partial charge in [-0.2, -0.15) is 9.97 Å². The lowest BCUT2D eigenvalue weighted by Crippen LogP contribution is -2.25. The number of halogens is 2. The van der Waals surface area contributed by atoms with Gasteiger partial charge >= 0.3 is 12.0 Å². The molecule has 8 heteroatoms. The van der Waals surface area contributed by atoms with Crippen LogP contribution in [0, 0.1) is 0 Å². The lowest BCUT2D eigenvalue weighted by Gasteiger charge is -2.30. The predicted octanol–water partition coefficient (Wildman–Crippen LogP) is 3.72. The number of anilines is 2. The summed E-state index contributed by atoms with van der Waals surface area (Å²) >= 11 is 12.1. The number of aryl methyl sites for hydroxylation is 1. The molecule has 0 saturated carbocycles. The molecule has 0 fully saturated rings. The normalized spacial score (nSPS) is 13.5. The summed E-state index contributed by atoms with van der Waals surface area (Å²) in [4.78, 5) is 20.9. The fourth-order valence-corrected chi connectivity index (χ4v) is 2.99. The molecule has 6 nitrogen and oxygen atoms in total. The summed E-state index contributed by atoms with van der Waals surface area (Å²) in [6.07, 6.45) is 1.79. The van der Waals surface area contributed by atoms with Crippen LogP contribution in [0.2, 0.25) is 10.2 Å². The maximum atomic E-state index is 10.6. The molecule has 0 spiro atoms. The number of aromatic nitrogens is 2. The molecule has 0 radical (unpaired) electrons. The third kappa shape index (κ3) is 3.88. The molecule has 0 amide bonds. The first kappa shape index (κ1) is 16.8.